The number of hydrogen-bond donors (Lipinski definition) is 2. The number of thiophene rings is 1. The first-order chi connectivity index (χ1) is 16.4. The van der Waals surface area contributed by atoms with Gasteiger partial charge in [-0.05, 0) is 49.6 Å². The van der Waals surface area contributed by atoms with E-state index in [9.17, 15) is 9.59 Å². The van der Waals surface area contributed by atoms with Crippen LogP contribution in [0.2, 0.25) is 0 Å². The van der Waals surface area contributed by atoms with E-state index in [1.54, 1.807) is 0 Å². The molecule has 0 saturated carbocycles. The molecule has 0 spiro atoms. The summed E-state index contributed by atoms with van der Waals surface area (Å²) in [5.41, 5.74) is 2.94. The van der Waals surface area contributed by atoms with E-state index in [0.717, 1.165) is 32.1 Å². The molecule has 6 nitrogen and oxygen atoms in total. The summed E-state index contributed by atoms with van der Waals surface area (Å²) >= 11 is 2.97. The molecule has 4 rings (SSSR count). The molecule has 34 heavy (non-hydrogen) atoms. The lowest BCUT2D eigenvalue weighted by molar-refractivity contribution is -0.120. The third-order valence-electron chi connectivity index (χ3n) is 5.54. The van der Waals surface area contributed by atoms with Gasteiger partial charge in [-0.2, -0.15) is 0 Å². The fraction of sp³-hybridized carbons (Fsp3) is 0.269. The van der Waals surface area contributed by atoms with Crippen molar-refractivity contribution in [1.82, 2.24) is 15.3 Å². The van der Waals surface area contributed by atoms with E-state index >= 15 is 0 Å². The highest BCUT2D eigenvalue weighted by Gasteiger charge is 2.16. The second-order valence-corrected chi connectivity index (χ2v) is 10.6. The number of nitrogens with zero attached hydrogens (tertiary/aromatic N) is 1. The molecule has 4 aromatic rings. The van der Waals surface area contributed by atoms with E-state index in [1.165, 1.54) is 23.1 Å². The maximum Gasteiger partial charge on any atom is 0.259 e. The Balaban J connectivity index is 1.28. The molecule has 176 valence electrons. The highest BCUT2D eigenvalue weighted by molar-refractivity contribution is 7.99. The van der Waals surface area contributed by atoms with Crippen LogP contribution in [0.4, 0.5) is 0 Å². The van der Waals surface area contributed by atoms with E-state index in [1.807, 2.05) is 75.4 Å². The van der Waals surface area contributed by atoms with Crippen molar-refractivity contribution in [2.75, 3.05) is 0 Å². The van der Waals surface area contributed by atoms with Crippen molar-refractivity contribution in [2.45, 2.75) is 44.9 Å². The molecule has 0 aliphatic heterocycles. The summed E-state index contributed by atoms with van der Waals surface area (Å²) in [7, 11) is 0. The summed E-state index contributed by atoms with van der Waals surface area (Å²) in [6.45, 7) is 6.71. The molecular formula is C26H27N3O3S2. The van der Waals surface area contributed by atoms with Crippen LogP contribution in [0, 0.1) is 13.8 Å². The monoisotopic (exact) mass is 493 g/mol. The molecule has 2 heterocycles. The molecule has 8 heteroatoms. The Bertz CT molecular complexity index is 1350. The molecule has 1 unspecified atom stereocenters. The smallest absolute Gasteiger partial charge is 0.259 e. The zero-order chi connectivity index (χ0) is 24.1. The normalized spacial score (nSPS) is 12.0. The van der Waals surface area contributed by atoms with Crippen LogP contribution in [0.25, 0.3) is 10.2 Å². The number of aromatic nitrogens is 2. The van der Waals surface area contributed by atoms with E-state index < -0.39 is 0 Å². The van der Waals surface area contributed by atoms with Gasteiger partial charge in [0.15, 0.2) is 0 Å². The van der Waals surface area contributed by atoms with Crippen LogP contribution in [0.1, 0.15) is 34.3 Å². The van der Waals surface area contributed by atoms with Crippen LogP contribution in [0.3, 0.4) is 0 Å². The van der Waals surface area contributed by atoms with Gasteiger partial charge in [0.05, 0.1) is 16.4 Å². The first kappa shape index (κ1) is 24.0. The topological polar surface area (TPSA) is 84.1 Å². The van der Waals surface area contributed by atoms with Crippen LogP contribution in [-0.2, 0) is 23.7 Å². The van der Waals surface area contributed by atoms with E-state index in [0.29, 0.717) is 30.1 Å². The second kappa shape index (κ2) is 10.9. The number of carbonyl (C=O) groups is 1. The minimum absolute atomic E-state index is 0.0631. The molecule has 0 aliphatic carbocycles. The Morgan fingerprint density at radius 1 is 1.15 bits per heavy atom. The summed E-state index contributed by atoms with van der Waals surface area (Å²) in [4.78, 5) is 34.3. The van der Waals surface area contributed by atoms with Gasteiger partial charge in [0.2, 0.25) is 5.91 Å². The number of fused-ring (bicyclic) bond motifs is 1. The molecule has 2 N–H and O–H groups in total. The van der Waals surface area contributed by atoms with E-state index in [2.05, 4.69) is 15.3 Å². The zero-order valence-electron chi connectivity index (χ0n) is 19.4. The molecule has 0 aliphatic rings. The lowest BCUT2D eigenvalue weighted by Crippen LogP contribution is -2.30. The van der Waals surface area contributed by atoms with Gasteiger partial charge in [-0.1, -0.05) is 42.5 Å². The number of thioether (sulfide) groups is 1. The van der Waals surface area contributed by atoms with Crippen molar-refractivity contribution in [2.24, 2.45) is 0 Å². The first-order valence-electron chi connectivity index (χ1n) is 11.0. The summed E-state index contributed by atoms with van der Waals surface area (Å²) in [5, 5.41) is 3.36. The number of amides is 1. The Labute approximate surface area is 206 Å². The Morgan fingerprint density at radius 2 is 1.91 bits per heavy atom. The van der Waals surface area contributed by atoms with Crippen molar-refractivity contribution in [1.29, 1.82) is 0 Å². The molecule has 0 saturated heterocycles. The number of benzene rings is 2. The fourth-order valence-electron chi connectivity index (χ4n) is 3.47. The predicted octanol–water partition coefficient (Wildman–Crippen LogP) is 5.12. The van der Waals surface area contributed by atoms with Crippen molar-refractivity contribution < 1.29 is 9.53 Å². The molecule has 0 fully saturated rings. The second-order valence-electron chi connectivity index (χ2n) is 8.07. The van der Waals surface area contributed by atoms with E-state index in [4.69, 9.17) is 4.74 Å². The van der Waals surface area contributed by atoms with Gasteiger partial charge in [0.25, 0.3) is 5.56 Å². The van der Waals surface area contributed by atoms with Crippen molar-refractivity contribution >= 4 is 39.2 Å². The lowest BCUT2D eigenvalue weighted by atomic mass is 10.2. The number of aromatic amines is 1. The van der Waals surface area contributed by atoms with Gasteiger partial charge in [0, 0.05) is 11.4 Å². The minimum atomic E-state index is -0.287. The summed E-state index contributed by atoms with van der Waals surface area (Å²) in [6.07, 6.45) is 0. The minimum Gasteiger partial charge on any atom is -0.489 e. The van der Waals surface area contributed by atoms with Gasteiger partial charge < -0.3 is 15.0 Å². The predicted molar refractivity (Wildman–Crippen MR) is 140 cm³/mol. The molecule has 2 aromatic carbocycles. The number of carbonyl (C=O) groups excluding carboxylic acids is 1. The number of aryl methyl sites for hydroxylation is 2. The Hall–Kier alpha value is -3.10. The average Bonchev–Trinajstić information content (AvgIpc) is 3.14. The molecular weight excluding hydrogens is 466 g/mol. The van der Waals surface area contributed by atoms with Gasteiger partial charge in [-0.15, -0.1) is 23.1 Å². The molecule has 1 amide bonds. The maximum atomic E-state index is 12.6. The molecule has 1 atom stereocenters. The largest absolute Gasteiger partial charge is 0.489 e. The van der Waals surface area contributed by atoms with Crippen molar-refractivity contribution in [3.05, 3.63) is 92.3 Å². The van der Waals surface area contributed by atoms with Gasteiger partial charge in [0.1, 0.15) is 23.0 Å². The van der Waals surface area contributed by atoms with Crippen molar-refractivity contribution in [3.8, 4) is 5.75 Å². The van der Waals surface area contributed by atoms with Crippen LogP contribution >= 0.6 is 23.1 Å². The van der Waals surface area contributed by atoms with Crippen LogP contribution in [0.15, 0.2) is 59.4 Å². The zero-order valence-corrected chi connectivity index (χ0v) is 21.0. The highest BCUT2D eigenvalue weighted by atomic mass is 32.2. The molecule has 0 bridgehead atoms. The van der Waals surface area contributed by atoms with Gasteiger partial charge in [-0.3, -0.25) is 9.59 Å². The number of hydrogen-bond acceptors (Lipinski definition) is 6. The quantitative estimate of drug-likeness (QED) is 0.338. The Morgan fingerprint density at radius 3 is 2.71 bits per heavy atom. The lowest BCUT2D eigenvalue weighted by Gasteiger charge is -2.13. The number of H-pyrrole nitrogens is 1. The summed E-state index contributed by atoms with van der Waals surface area (Å²) < 4.78 is 5.87. The van der Waals surface area contributed by atoms with Crippen LogP contribution in [-0.4, -0.2) is 21.1 Å². The number of rotatable bonds is 9. The summed E-state index contributed by atoms with van der Waals surface area (Å²) in [5.74, 6) is 1.75. The fourth-order valence-corrected chi connectivity index (χ4v) is 5.29. The third-order valence-corrected chi connectivity index (χ3v) is 7.80. The number of nitrogens with one attached hydrogen (secondary N) is 2. The SMILES string of the molecule is Cc1sc2nc(CSC(C)C(=O)NCc3cccc(OCc4ccccc4)c3)[nH]c(=O)c2c1C. The summed E-state index contributed by atoms with van der Waals surface area (Å²) in [6, 6.07) is 17.7. The van der Waals surface area contributed by atoms with Crippen molar-refractivity contribution in [3.63, 3.8) is 0 Å². The first-order valence-corrected chi connectivity index (χ1v) is 12.9. The molecule has 0 radical (unpaired) electrons. The van der Waals surface area contributed by atoms with E-state index in [-0.39, 0.29) is 16.7 Å². The van der Waals surface area contributed by atoms with Gasteiger partial charge >= 0.3 is 0 Å². The highest BCUT2D eigenvalue weighted by Crippen LogP contribution is 2.26. The average molecular weight is 494 g/mol. The standard InChI is InChI=1S/C26H27N3O3S2/c1-16-17(2)34-26-23(16)25(31)28-22(29-26)15-33-18(3)24(30)27-13-20-10-7-11-21(12-20)32-14-19-8-5-4-6-9-19/h4-12,18H,13-15H2,1-3H3,(H,27,30)(H,28,29,31). The maximum absolute atomic E-state index is 12.6. The third kappa shape index (κ3) is 5.87. The number of ether oxygens (including phenoxy) is 1. The van der Waals surface area contributed by atoms with Crippen LogP contribution < -0.4 is 15.6 Å². The van der Waals surface area contributed by atoms with Crippen LogP contribution in [0.5, 0.6) is 5.75 Å². The molecule has 2 aromatic heterocycles. The van der Waals surface area contributed by atoms with Gasteiger partial charge in [-0.25, -0.2) is 4.98 Å². The Kier molecular flexibility index (Phi) is 7.70.